The van der Waals surface area contributed by atoms with E-state index in [9.17, 15) is 13.2 Å². The lowest BCUT2D eigenvalue weighted by Gasteiger charge is -2.04. The Morgan fingerprint density at radius 3 is 2.67 bits per heavy atom. The van der Waals surface area contributed by atoms with E-state index in [2.05, 4.69) is 34.7 Å². The van der Waals surface area contributed by atoms with E-state index in [-0.39, 0.29) is 11.9 Å². The van der Waals surface area contributed by atoms with E-state index in [0.29, 0.717) is 18.5 Å². The number of halogens is 3. The Labute approximate surface area is 119 Å². The summed E-state index contributed by atoms with van der Waals surface area (Å²) in [5, 5.41) is 12.8. The normalized spacial score (nSPS) is 11.1. The van der Waals surface area contributed by atoms with Crippen molar-refractivity contribution in [1.82, 2.24) is 15.5 Å². The predicted molar refractivity (Wildman–Crippen MR) is 70.4 cm³/mol. The molecule has 1 aromatic heterocycles. The van der Waals surface area contributed by atoms with Crippen molar-refractivity contribution in [3.63, 3.8) is 0 Å². The molecular formula is C13H15F3N4O. The van der Waals surface area contributed by atoms with Crippen LogP contribution in [-0.2, 0) is 6.54 Å². The van der Waals surface area contributed by atoms with Crippen LogP contribution in [0.2, 0.25) is 0 Å². The molecule has 0 fully saturated rings. The zero-order valence-electron chi connectivity index (χ0n) is 11.6. The summed E-state index contributed by atoms with van der Waals surface area (Å²) in [6, 6.07) is 1.12. The van der Waals surface area contributed by atoms with Gasteiger partial charge in [-0.2, -0.15) is 0 Å². The van der Waals surface area contributed by atoms with E-state index in [0.717, 1.165) is 12.6 Å². The van der Waals surface area contributed by atoms with Gasteiger partial charge in [-0.05, 0) is 12.5 Å². The molecule has 8 heteroatoms. The third-order valence-electron chi connectivity index (χ3n) is 2.53. The quantitative estimate of drug-likeness (QED) is 0.803. The van der Waals surface area contributed by atoms with Crippen molar-refractivity contribution >= 4 is 11.7 Å². The number of nitrogens with zero attached hydrogens (tertiary/aromatic N) is 2. The van der Waals surface area contributed by atoms with Crippen LogP contribution in [0.15, 0.2) is 16.5 Å². The van der Waals surface area contributed by atoms with E-state index in [1.165, 1.54) is 0 Å². The zero-order chi connectivity index (χ0) is 15.4. The van der Waals surface area contributed by atoms with E-state index < -0.39 is 23.1 Å². The second-order valence-electron chi connectivity index (χ2n) is 4.90. The van der Waals surface area contributed by atoms with Gasteiger partial charge in [-0.25, -0.2) is 13.2 Å². The van der Waals surface area contributed by atoms with E-state index in [4.69, 9.17) is 4.42 Å². The molecule has 0 atom stereocenters. The zero-order valence-corrected chi connectivity index (χ0v) is 11.6. The lowest BCUT2D eigenvalue weighted by molar-refractivity contribution is 0.459. The molecule has 0 radical (unpaired) electrons. The molecule has 0 aliphatic carbocycles. The smallest absolute Gasteiger partial charge is 0.320 e. The molecule has 0 aliphatic rings. The fourth-order valence-corrected chi connectivity index (χ4v) is 1.61. The lowest BCUT2D eigenvalue weighted by atomic mass is 10.2. The van der Waals surface area contributed by atoms with E-state index >= 15 is 0 Å². The minimum atomic E-state index is -1.30. The van der Waals surface area contributed by atoms with Gasteiger partial charge >= 0.3 is 6.01 Å². The molecule has 2 N–H and O–H groups in total. The van der Waals surface area contributed by atoms with Crippen LogP contribution in [0.1, 0.15) is 19.7 Å². The summed E-state index contributed by atoms with van der Waals surface area (Å²) in [5.74, 6) is -2.66. The van der Waals surface area contributed by atoms with E-state index in [1.807, 2.05) is 0 Å². The van der Waals surface area contributed by atoms with Crippen molar-refractivity contribution < 1.29 is 17.6 Å². The van der Waals surface area contributed by atoms with Crippen molar-refractivity contribution in [1.29, 1.82) is 0 Å². The summed E-state index contributed by atoms with van der Waals surface area (Å²) in [5.41, 5.74) is -0.405. The molecule has 0 amide bonds. The number of nitrogens with one attached hydrogen (secondary N) is 2. The van der Waals surface area contributed by atoms with Gasteiger partial charge in [0.1, 0.15) is 5.82 Å². The number of hydrogen-bond donors (Lipinski definition) is 2. The van der Waals surface area contributed by atoms with Gasteiger partial charge < -0.3 is 15.1 Å². The molecular weight excluding hydrogens is 285 g/mol. The minimum Gasteiger partial charge on any atom is -0.406 e. The molecule has 5 nitrogen and oxygen atoms in total. The Morgan fingerprint density at radius 1 is 1.19 bits per heavy atom. The lowest BCUT2D eigenvalue weighted by Crippen LogP contribution is -2.19. The Morgan fingerprint density at radius 2 is 1.95 bits per heavy atom. The fraction of sp³-hybridized carbons (Fsp3) is 0.385. The SMILES string of the molecule is CC(C)CNCc1nnc(Nc2cc(F)cc(F)c2F)o1. The van der Waals surface area contributed by atoms with Crippen LogP contribution >= 0.6 is 0 Å². The summed E-state index contributed by atoms with van der Waals surface area (Å²) in [6.07, 6.45) is 0. The monoisotopic (exact) mass is 300 g/mol. The molecule has 0 unspecified atom stereocenters. The average molecular weight is 300 g/mol. The van der Waals surface area contributed by atoms with Crippen molar-refractivity contribution in [2.24, 2.45) is 5.92 Å². The Balaban J connectivity index is 2.02. The third-order valence-corrected chi connectivity index (χ3v) is 2.53. The topological polar surface area (TPSA) is 63.0 Å². The van der Waals surface area contributed by atoms with Crippen molar-refractivity contribution in [2.75, 3.05) is 11.9 Å². The molecule has 0 bridgehead atoms. The maximum atomic E-state index is 13.5. The summed E-state index contributed by atoms with van der Waals surface area (Å²) in [6.45, 7) is 5.23. The van der Waals surface area contributed by atoms with Crippen LogP contribution in [0.3, 0.4) is 0 Å². The van der Waals surface area contributed by atoms with Gasteiger partial charge in [0.05, 0.1) is 12.2 Å². The largest absolute Gasteiger partial charge is 0.406 e. The number of benzene rings is 1. The second kappa shape index (κ2) is 6.57. The molecule has 0 saturated carbocycles. The minimum absolute atomic E-state index is 0.139. The molecule has 2 rings (SSSR count). The Bertz CT molecular complexity index is 615. The highest BCUT2D eigenvalue weighted by Gasteiger charge is 2.14. The first-order valence-electron chi connectivity index (χ1n) is 6.40. The highest BCUT2D eigenvalue weighted by Crippen LogP contribution is 2.22. The standard InChI is InChI=1S/C13H15F3N4O/c1-7(2)5-17-6-11-19-20-13(21-11)18-10-4-8(14)3-9(15)12(10)16/h3-4,7,17H,5-6H2,1-2H3,(H,18,20). The summed E-state index contributed by atoms with van der Waals surface area (Å²) in [7, 11) is 0. The predicted octanol–water partition coefficient (Wildman–Crippen LogP) is 2.98. The molecule has 1 heterocycles. The first-order valence-corrected chi connectivity index (χ1v) is 6.40. The summed E-state index contributed by atoms with van der Waals surface area (Å²) >= 11 is 0. The van der Waals surface area contributed by atoms with Crippen LogP contribution in [-0.4, -0.2) is 16.7 Å². The number of rotatable bonds is 6. The van der Waals surface area contributed by atoms with Gasteiger partial charge in [0.2, 0.25) is 5.89 Å². The van der Waals surface area contributed by atoms with Gasteiger partial charge in [-0.3, -0.25) is 0 Å². The van der Waals surface area contributed by atoms with Crippen LogP contribution in [0.25, 0.3) is 0 Å². The van der Waals surface area contributed by atoms with Gasteiger partial charge in [-0.15, -0.1) is 5.10 Å². The average Bonchev–Trinajstić information content (AvgIpc) is 2.82. The number of aromatic nitrogens is 2. The summed E-state index contributed by atoms with van der Waals surface area (Å²) < 4.78 is 44.7. The molecule has 0 spiro atoms. The van der Waals surface area contributed by atoms with Crippen molar-refractivity contribution in [3.8, 4) is 0 Å². The van der Waals surface area contributed by atoms with Crippen LogP contribution in [0.5, 0.6) is 0 Å². The molecule has 21 heavy (non-hydrogen) atoms. The van der Waals surface area contributed by atoms with Gasteiger partial charge in [0, 0.05) is 12.1 Å². The van der Waals surface area contributed by atoms with Crippen LogP contribution in [0.4, 0.5) is 24.9 Å². The number of anilines is 2. The third kappa shape index (κ3) is 4.19. The Kier molecular flexibility index (Phi) is 4.79. The fourth-order valence-electron chi connectivity index (χ4n) is 1.61. The number of hydrogen-bond acceptors (Lipinski definition) is 5. The van der Waals surface area contributed by atoms with Crippen molar-refractivity contribution in [3.05, 3.63) is 35.5 Å². The maximum Gasteiger partial charge on any atom is 0.320 e. The van der Waals surface area contributed by atoms with Crippen LogP contribution in [0, 0.1) is 23.4 Å². The highest BCUT2D eigenvalue weighted by atomic mass is 19.2. The molecule has 0 saturated heterocycles. The van der Waals surface area contributed by atoms with Crippen molar-refractivity contribution in [2.45, 2.75) is 20.4 Å². The Hall–Kier alpha value is -2.09. The first kappa shape index (κ1) is 15.3. The highest BCUT2D eigenvalue weighted by molar-refractivity contribution is 5.53. The first-order chi connectivity index (χ1) is 9.95. The molecule has 0 aliphatic heterocycles. The van der Waals surface area contributed by atoms with Gasteiger partial charge in [-0.1, -0.05) is 18.9 Å². The van der Waals surface area contributed by atoms with E-state index in [1.54, 1.807) is 0 Å². The van der Waals surface area contributed by atoms with Gasteiger partial charge in [0.15, 0.2) is 11.6 Å². The molecule has 114 valence electrons. The molecule has 2 aromatic rings. The molecule has 1 aromatic carbocycles. The van der Waals surface area contributed by atoms with Gasteiger partial charge in [0.25, 0.3) is 0 Å². The second-order valence-corrected chi connectivity index (χ2v) is 4.90. The summed E-state index contributed by atoms with van der Waals surface area (Å²) in [4.78, 5) is 0. The van der Waals surface area contributed by atoms with Crippen LogP contribution < -0.4 is 10.6 Å². The maximum absolute atomic E-state index is 13.5.